The molecule has 138 valence electrons. The average molecular weight is 446 g/mol. The third kappa shape index (κ3) is 6.51. The summed E-state index contributed by atoms with van der Waals surface area (Å²) in [7, 11) is 0. The molecule has 0 unspecified atom stereocenters. The molecule has 0 aliphatic carbocycles. The largest absolute Gasteiger partial charge is 0.378 e. The van der Waals surface area contributed by atoms with Gasteiger partial charge in [-0.05, 0) is 24.4 Å². The number of nitrogens with zero attached hydrogens (tertiary/aromatic N) is 1. The van der Waals surface area contributed by atoms with Crippen LogP contribution in [0.1, 0.15) is 0 Å². The van der Waals surface area contributed by atoms with Crippen LogP contribution in [0.25, 0.3) is 0 Å². The van der Waals surface area contributed by atoms with E-state index in [0.29, 0.717) is 37.0 Å². The van der Waals surface area contributed by atoms with Gasteiger partial charge in [-0.1, -0.05) is 58.5 Å². The first-order chi connectivity index (χ1) is 11.8. The Morgan fingerprint density at radius 3 is 2.44 bits per heavy atom. The number of urea groups is 1. The van der Waals surface area contributed by atoms with Gasteiger partial charge in [0.25, 0.3) is 0 Å². The van der Waals surface area contributed by atoms with Crippen molar-refractivity contribution in [1.29, 1.82) is 0 Å². The first kappa shape index (κ1) is 20.6. The van der Waals surface area contributed by atoms with Gasteiger partial charge < -0.3 is 25.6 Å². The summed E-state index contributed by atoms with van der Waals surface area (Å²) in [4.78, 5) is 13.9. The van der Waals surface area contributed by atoms with Crippen LogP contribution < -0.4 is 16.0 Å². The highest BCUT2D eigenvalue weighted by Crippen LogP contribution is 2.29. The maximum Gasteiger partial charge on any atom is 0.319 e. The summed E-state index contributed by atoms with van der Waals surface area (Å²) in [6.45, 7) is 1.85. The molecule has 0 spiro atoms. The molecule has 25 heavy (non-hydrogen) atoms. The summed E-state index contributed by atoms with van der Waals surface area (Å²) in [6, 6.07) is 6.65. The predicted octanol–water partition coefficient (Wildman–Crippen LogP) is 3.36. The number of amides is 2. The fourth-order valence-electron chi connectivity index (χ4n) is 2.03. The van der Waals surface area contributed by atoms with Crippen molar-refractivity contribution in [2.24, 2.45) is 0 Å². The average Bonchev–Trinajstić information content (AvgIpc) is 2.56. The molecular formula is C14H16Cl4N4O2S. The van der Waals surface area contributed by atoms with Crippen LogP contribution in [-0.4, -0.2) is 52.3 Å². The SMILES string of the molecule is O=C(N[C@H](NC(=S)Nc1ccccc1Cl)C(Cl)(Cl)Cl)N1CCOCC1. The van der Waals surface area contributed by atoms with Crippen molar-refractivity contribution in [2.45, 2.75) is 9.96 Å². The molecule has 0 bridgehead atoms. The maximum absolute atomic E-state index is 12.3. The minimum Gasteiger partial charge on any atom is -0.378 e. The van der Waals surface area contributed by atoms with Gasteiger partial charge in [0.1, 0.15) is 0 Å². The number of hydrogen-bond acceptors (Lipinski definition) is 3. The third-order valence-corrected chi connectivity index (χ3v) is 4.50. The summed E-state index contributed by atoms with van der Waals surface area (Å²) in [5, 5.41) is 8.92. The second kappa shape index (κ2) is 9.30. The summed E-state index contributed by atoms with van der Waals surface area (Å²) in [5.41, 5.74) is 0.587. The fraction of sp³-hybridized carbons (Fsp3) is 0.429. The van der Waals surface area contributed by atoms with E-state index in [0.717, 1.165) is 0 Å². The lowest BCUT2D eigenvalue weighted by Gasteiger charge is -2.32. The van der Waals surface area contributed by atoms with Gasteiger partial charge in [0, 0.05) is 13.1 Å². The molecule has 1 aliphatic rings. The van der Waals surface area contributed by atoms with Crippen LogP contribution in [0.3, 0.4) is 0 Å². The van der Waals surface area contributed by atoms with Gasteiger partial charge in [-0.15, -0.1) is 0 Å². The summed E-state index contributed by atoms with van der Waals surface area (Å²) in [5.74, 6) is 0. The second-order valence-electron chi connectivity index (χ2n) is 5.10. The highest BCUT2D eigenvalue weighted by molar-refractivity contribution is 7.80. The Bertz CT molecular complexity index is 623. The monoisotopic (exact) mass is 444 g/mol. The smallest absolute Gasteiger partial charge is 0.319 e. The number of thiocarbonyl (C=S) groups is 1. The van der Waals surface area contributed by atoms with Crippen LogP contribution in [-0.2, 0) is 4.74 Å². The van der Waals surface area contributed by atoms with Gasteiger partial charge in [0.2, 0.25) is 3.79 Å². The number of hydrogen-bond donors (Lipinski definition) is 3. The van der Waals surface area contributed by atoms with Gasteiger partial charge in [0.15, 0.2) is 11.3 Å². The number of ether oxygens (including phenoxy) is 1. The number of halogens is 4. The number of anilines is 1. The number of alkyl halides is 3. The maximum atomic E-state index is 12.3. The van der Waals surface area contributed by atoms with E-state index in [1.807, 2.05) is 0 Å². The molecule has 0 aromatic heterocycles. The highest BCUT2D eigenvalue weighted by Gasteiger charge is 2.35. The molecule has 6 nitrogen and oxygen atoms in total. The molecule has 3 N–H and O–H groups in total. The molecule has 0 radical (unpaired) electrons. The van der Waals surface area contributed by atoms with Crippen molar-refractivity contribution in [1.82, 2.24) is 15.5 Å². The fourth-order valence-corrected chi connectivity index (χ4v) is 2.77. The molecule has 1 saturated heterocycles. The van der Waals surface area contributed by atoms with Crippen molar-refractivity contribution in [3.63, 3.8) is 0 Å². The number of nitrogens with one attached hydrogen (secondary N) is 3. The lowest BCUT2D eigenvalue weighted by molar-refractivity contribution is 0.0524. The molecular weight excluding hydrogens is 430 g/mol. The first-order valence-corrected chi connectivity index (χ1v) is 9.21. The van der Waals surface area contributed by atoms with Gasteiger partial charge in [0.05, 0.1) is 23.9 Å². The van der Waals surface area contributed by atoms with E-state index in [4.69, 9.17) is 63.4 Å². The Labute approximate surface area is 171 Å². The Balaban J connectivity index is 1.98. The first-order valence-electron chi connectivity index (χ1n) is 7.29. The van der Waals surface area contributed by atoms with Crippen LogP contribution in [0, 0.1) is 0 Å². The van der Waals surface area contributed by atoms with E-state index >= 15 is 0 Å². The second-order valence-corrected chi connectivity index (χ2v) is 8.29. The van der Waals surface area contributed by atoms with Crippen LogP contribution in [0.4, 0.5) is 10.5 Å². The topological polar surface area (TPSA) is 65.6 Å². The molecule has 0 saturated carbocycles. The molecule has 2 rings (SSSR count). The standard InChI is InChI=1S/C14H16Cl4N4O2S/c15-9-3-1-2-4-10(9)19-12(25)20-11(14(16,17)18)21-13(23)22-5-7-24-8-6-22/h1-4,11H,5-8H2,(H,21,23)(H2,19,20,25)/t11-/m0/s1. The van der Waals surface area contributed by atoms with Gasteiger partial charge in [-0.3, -0.25) is 0 Å². The van der Waals surface area contributed by atoms with Crippen LogP contribution in [0.5, 0.6) is 0 Å². The minimum absolute atomic E-state index is 0.145. The zero-order chi connectivity index (χ0) is 18.4. The minimum atomic E-state index is -1.83. The third-order valence-electron chi connectivity index (χ3n) is 3.29. The molecule has 1 heterocycles. The molecule has 11 heteroatoms. The quantitative estimate of drug-likeness (QED) is 0.378. The zero-order valence-corrected chi connectivity index (χ0v) is 16.7. The van der Waals surface area contributed by atoms with Crippen molar-refractivity contribution < 1.29 is 9.53 Å². The number of carbonyl (C=O) groups is 1. The van der Waals surface area contributed by atoms with Gasteiger partial charge >= 0.3 is 6.03 Å². The van der Waals surface area contributed by atoms with Gasteiger partial charge in [-0.25, -0.2) is 4.79 Å². The summed E-state index contributed by atoms with van der Waals surface area (Å²) < 4.78 is 3.38. The number of rotatable bonds is 3. The number of morpholine rings is 1. The highest BCUT2D eigenvalue weighted by atomic mass is 35.6. The van der Waals surface area contributed by atoms with E-state index in [1.54, 1.807) is 29.2 Å². The molecule has 1 fully saturated rings. The van der Waals surface area contributed by atoms with Gasteiger partial charge in [-0.2, -0.15) is 0 Å². The van der Waals surface area contributed by atoms with Crippen molar-refractivity contribution in [3.8, 4) is 0 Å². The van der Waals surface area contributed by atoms with Crippen molar-refractivity contribution in [3.05, 3.63) is 29.3 Å². The van der Waals surface area contributed by atoms with E-state index < -0.39 is 9.96 Å². The number of benzene rings is 1. The van der Waals surface area contributed by atoms with Crippen LogP contribution >= 0.6 is 58.6 Å². The van der Waals surface area contributed by atoms with Crippen molar-refractivity contribution in [2.75, 3.05) is 31.6 Å². The molecule has 1 aliphatic heterocycles. The Morgan fingerprint density at radius 1 is 1.20 bits per heavy atom. The van der Waals surface area contributed by atoms with Crippen molar-refractivity contribution >= 4 is 75.5 Å². The van der Waals surface area contributed by atoms with Crippen LogP contribution in [0.15, 0.2) is 24.3 Å². The van der Waals surface area contributed by atoms with E-state index in [9.17, 15) is 4.79 Å². The van der Waals surface area contributed by atoms with E-state index in [1.165, 1.54) is 0 Å². The molecule has 1 atom stereocenters. The number of para-hydroxylation sites is 1. The Kier molecular flexibility index (Phi) is 7.67. The Hall–Kier alpha value is -0.700. The molecule has 2 amide bonds. The van der Waals surface area contributed by atoms with E-state index in [2.05, 4.69) is 16.0 Å². The molecule has 1 aromatic carbocycles. The lowest BCUT2D eigenvalue weighted by atomic mass is 10.3. The van der Waals surface area contributed by atoms with E-state index in [-0.39, 0.29) is 11.1 Å². The number of carbonyl (C=O) groups excluding carboxylic acids is 1. The summed E-state index contributed by atoms with van der Waals surface area (Å²) in [6.07, 6.45) is -1.05. The van der Waals surface area contributed by atoms with Crippen LogP contribution in [0.2, 0.25) is 5.02 Å². The summed E-state index contributed by atoms with van der Waals surface area (Å²) >= 11 is 29.1. The Morgan fingerprint density at radius 2 is 1.84 bits per heavy atom. The molecule has 1 aromatic rings. The predicted molar refractivity (Wildman–Crippen MR) is 106 cm³/mol. The normalized spacial score (nSPS) is 16.1. The lowest BCUT2D eigenvalue weighted by Crippen LogP contribution is -2.59. The zero-order valence-electron chi connectivity index (χ0n) is 12.9.